The highest BCUT2D eigenvalue weighted by Crippen LogP contribution is 2.26. The van der Waals surface area contributed by atoms with Gasteiger partial charge in [0.2, 0.25) is 11.8 Å². The number of piperidine rings is 1. The number of anilines is 1. The molecule has 1 aliphatic heterocycles. The van der Waals surface area contributed by atoms with Crippen LogP contribution in [-0.2, 0) is 9.59 Å². The van der Waals surface area contributed by atoms with Crippen LogP contribution in [-0.4, -0.2) is 39.6 Å². The van der Waals surface area contributed by atoms with Gasteiger partial charge in [0.1, 0.15) is 0 Å². The molecule has 2 heterocycles. The van der Waals surface area contributed by atoms with E-state index in [2.05, 4.69) is 10.4 Å². The number of carbonyl (C=O) groups excluding carboxylic acids is 2. The summed E-state index contributed by atoms with van der Waals surface area (Å²) < 4.78 is 1.86. The van der Waals surface area contributed by atoms with Crippen LogP contribution in [0.3, 0.4) is 0 Å². The standard InChI is InChI=1S/C22H30N4O2/c1-15-14-16(2)26(24-15)19-9-7-6-8-18(19)23-20(27)17-10-12-25(13-11-17)21(28)22(3,4)5/h6-9,14,17H,10-13H2,1-5H3,(H,23,27). The van der Waals surface area contributed by atoms with E-state index in [-0.39, 0.29) is 23.1 Å². The maximum Gasteiger partial charge on any atom is 0.227 e. The summed E-state index contributed by atoms with van der Waals surface area (Å²) in [6, 6.07) is 9.73. The minimum absolute atomic E-state index is 0.0110. The fraction of sp³-hybridized carbons (Fsp3) is 0.500. The first kappa shape index (κ1) is 20.1. The zero-order chi connectivity index (χ0) is 20.5. The Morgan fingerprint density at radius 3 is 2.32 bits per heavy atom. The third-order valence-corrected chi connectivity index (χ3v) is 5.19. The molecule has 1 aromatic carbocycles. The lowest BCUT2D eigenvalue weighted by Gasteiger charge is -2.35. The molecular weight excluding hydrogens is 352 g/mol. The number of carbonyl (C=O) groups is 2. The number of rotatable bonds is 3. The lowest BCUT2D eigenvalue weighted by Crippen LogP contribution is -2.45. The van der Waals surface area contributed by atoms with E-state index in [0.717, 1.165) is 22.8 Å². The molecule has 1 fully saturated rings. The molecule has 1 N–H and O–H groups in total. The van der Waals surface area contributed by atoms with Gasteiger partial charge >= 0.3 is 0 Å². The van der Waals surface area contributed by atoms with Crippen LogP contribution >= 0.6 is 0 Å². The van der Waals surface area contributed by atoms with Gasteiger partial charge in [0, 0.05) is 30.1 Å². The SMILES string of the molecule is Cc1cc(C)n(-c2ccccc2NC(=O)C2CCN(C(=O)C(C)(C)C)CC2)n1. The number of hydrogen-bond acceptors (Lipinski definition) is 3. The highest BCUT2D eigenvalue weighted by Gasteiger charge is 2.32. The van der Waals surface area contributed by atoms with Crippen molar-refractivity contribution in [3.63, 3.8) is 0 Å². The molecule has 0 aliphatic carbocycles. The van der Waals surface area contributed by atoms with Crippen molar-refractivity contribution in [2.24, 2.45) is 11.3 Å². The Labute approximate surface area is 166 Å². The van der Waals surface area contributed by atoms with Crippen LogP contribution in [0.15, 0.2) is 30.3 Å². The summed E-state index contributed by atoms with van der Waals surface area (Å²) in [5.41, 5.74) is 3.20. The van der Waals surface area contributed by atoms with E-state index in [4.69, 9.17) is 0 Å². The van der Waals surface area contributed by atoms with Gasteiger partial charge in [-0.05, 0) is 44.9 Å². The molecule has 0 saturated carbocycles. The summed E-state index contributed by atoms with van der Waals surface area (Å²) in [4.78, 5) is 27.2. The number of benzene rings is 1. The molecule has 1 aromatic heterocycles. The molecule has 0 unspecified atom stereocenters. The number of hydrogen-bond donors (Lipinski definition) is 1. The normalized spacial score (nSPS) is 15.5. The van der Waals surface area contributed by atoms with Crippen molar-refractivity contribution in [2.75, 3.05) is 18.4 Å². The summed E-state index contributed by atoms with van der Waals surface area (Å²) in [6.45, 7) is 11.0. The van der Waals surface area contributed by atoms with Crippen molar-refractivity contribution >= 4 is 17.5 Å². The van der Waals surface area contributed by atoms with E-state index < -0.39 is 0 Å². The molecule has 2 aromatic rings. The van der Waals surface area contributed by atoms with E-state index in [9.17, 15) is 9.59 Å². The minimum Gasteiger partial charge on any atom is -0.342 e. The zero-order valence-electron chi connectivity index (χ0n) is 17.5. The number of para-hydroxylation sites is 2. The Morgan fingerprint density at radius 2 is 1.75 bits per heavy atom. The molecule has 0 spiro atoms. The quantitative estimate of drug-likeness (QED) is 0.880. The Hall–Kier alpha value is -2.63. The number of amides is 2. The van der Waals surface area contributed by atoms with Gasteiger partial charge in [0.15, 0.2) is 0 Å². The number of aromatic nitrogens is 2. The molecule has 6 nitrogen and oxygen atoms in total. The second-order valence-electron chi connectivity index (χ2n) is 8.66. The third-order valence-electron chi connectivity index (χ3n) is 5.19. The maximum atomic E-state index is 12.9. The summed E-state index contributed by atoms with van der Waals surface area (Å²) in [7, 11) is 0. The first-order chi connectivity index (χ1) is 13.2. The third kappa shape index (κ3) is 4.26. The predicted molar refractivity (Wildman–Crippen MR) is 110 cm³/mol. The molecule has 1 saturated heterocycles. The highest BCUT2D eigenvalue weighted by molar-refractivity contribution is 5.94. The predicted octanol–water partition coefficient (Wildman–Crippen LogP) is 3.71. The van der Waals surface area contributed by atoms with Gasteiger partial charge in [-0.15, -0.1) is 0 Å². The van der Waals surface area contributed by atoms with Crippen LogP contribution in [0.2, 0.25) is 0 Å². The maximum absolute atomic E-state index is 12.9. The summed E-state index contributed by atoms with van der Waals surface area (Å²) in [5, 5.41) is 7.62. The molecule has 28 heavy (non-hydrogen) atoms. The molecule has 3 rings (SSSR count). The van der Waals surface area contributed by atoms with Crippen molar-refractivity contribution in [2.45, 2.75) is 47.5 Å². The molecule has 6 heteroatoms. The smallest absolute Gasteiger partial charge is 0.227 e. The van der Waals surface area contributed by atoms with Crippen LogP contribution < -0.4 is 5.32 Å². The average molecular weight is 383 g/mol. The molecule has 2 amide bonds. The number of nitrogens with one attached hydrogen (secondary N) is 1. The molecule has 0 bridgehead atoms. The highest BCUT2D eigenvalue weighted by atomic mass is 16.2. The number of aryl methyl sites for hydroxylation is 2. The van der Waals surface area contributed by atoms with Gasteiger partial charge in [-0.2, -0.15) is 5.10 Å². The van der Waals surface area contributed by atoms with Crippen LogP contribution in [0, 0.1) is 25.2 Å². The average Bonchev–Trinajstić information content (AvgIpc) is 2.99. The number of likely N-dealkylation sites (tertiary alicyclic amines) is 1. The van der Waals surface area contributed by atoms with E-state index in [1.807, 2.05) is 74.5 Å². The fourth-order valence-corrected chi connectivity index (χ4v) is 3.69. The lowest BCUT2D eigenvalue weighted by atomic mass is 9.90. The van der Waals surface area contributed by atoms with Gasteiger partial charge in [0.05, 0.1) is 17.1 Å². The second-order valence-corrected chi connectivity index (χ2v) is 8.66. The monoisotopic (exact) mass is 382 g/mol. The molecule has 1 aliphatic rings. The van der Waals surface area contributed by atoms with E-state index in [1.54, 1.807) is 0 Å². The number of nitrogens with zero attached hydrogens (tertiary/aromatic N) is 3. The summed E-state index contributed by atoms with van der Waals surface area (Å²) in [5.74, 6) is 0.0793. The van der Waals surface area contributed by atoms with Gasteiger partial charge < -0.3 is 10.2 Å². The first-order valence-electron chi connectivity index (χ1n) is 9.90. The first-order valence-corrected chi connectivity index (χ1v) is 9.90. The van der Waals surface area contributed by atoms with Crippen molar-refractivity contribution < 1.29 is 9.59 Å². The molecule has 150 valence electrons. The molecule has 0 atom stereocenters. The van der Waals surface area contributed by atoms with Crippen LogP contribution in [0.4, 0.5) is 5.69 Å². The van der Waals surface area contributed by atoms with Gasteiger partial charge in [-0.1, -0.05) is 32.9 Å². The summed E-state index contributed by atoms with van der Waals surface area (Å²) >= 11 is 0. The molecular formula is C22H30N4O2. The lowest BCUT2D eigenvalue weighted by molar-refractivity contribution is -0.142. The molecule has 0 radical (unpaired) electrons. The Kier molecular flexibility index (Phi) is 5.59. The largest absolute Gasteiger partial charge is 0.342 e. The van der Waals surface area contributed by atoms with Crippen molar-refractivity contribution in [1.29, 1.82) is 0 Å². The topological polar surface area (TPSA) is 67.2 Å². The van der Waals surface area contributed by atoms with Crippen LogP contribution in [0.1, 0.15) is 45.0 Å². The van der Waals surface area contributed by atoms with E-state index >= 15 is 0 Å². The van der Waals surface area contributed by atoms with Gasteiger partial charge in [0.25, 0.3) is 0 Å². The Balaban J connectivity index is 1.69. The van der Waals surface area contributed by atoms with E-state index in [1.165, 1.54) is 0 Å². The Morgan fingerprint density at radius 1 is 1.11 bits per heavy atom. The fourth-order valence-electron chi connectivity index (χ4n) is 3.69. The second kappa shape index (κ2) is 7.78. The van der Waals surface area contributed by atoms with Crippen molar-refractivity contribution in [1.82, 2.24) is 14.7 Å². The van der Waals surface area contributed by atoms with Crippen molar-refractivity contribution in [3.8, 4) is 5.69 Å². The zero-order valence-corrected chi connectivity index (χ0v) is 17.5. The summed E-state index contributed by atoms with van der Waals surface area (Å²) in [6.07, 6.45) is 1.38. The van der Waals surface area contributed by atoms with Crippen LogP contribution in [0.25, 0.3) is 5.69 Å². The van der Waals surface area contributed by atoms with Crippen LogP contribution in [0.5, 0.6) is 0 Å². The Bertz CT molecular complexity index is 871. The van der Waals surface area contributed by atoms with Gasteiger partial charge in [-0.3, -0.25) is 9.59 Å². The minimum atomic E-state index is -0.381. The van der Waals surface area contributed by atoms with Crippen molar-refractivity contribution in [3.05, 3.63) is 41.7 Å². The van der Waals surface area contributed by atoms with Gasteiger partial charge in [-0.25, -0.2) is 4.68 Å². The van der Waals surface area contributed by atoms with E-state index in [0.29, 0.717) is 25.9 Å².